The highest BCUT2D eigenvalue weighted by Gasteiger charge is 2.36. The summed E-state index contributed by atoms with van der Waals surface area (Å²) in [6.07, 6.45) is 1.88. The lowest BCUT2D eigenvalue weighted by atomic mass is 9.94. The molecule has 2 aliphatic rings. The van der Waals surface area contributed by atoms with E-state index in [0.29, 0.717) is 0 Å². The van der Waals surface area contributed by atoms with E-state index in [0.717, 1.165) is 30.0 Å². The second-order valence-corrected chi connectivity index (χ2v) is 6.74. The van der Waals surface area contributed by atoms with Crippen LogP contribution >= 0.6 is 0 Å². The molecule has 1 aromatic rings. The topological polar surface area (TPSA) is 41.3 Å². The maximum Gasteiger partial charge on any atom is 0.208 e. The minimum Gasteiger partial charge on any atom is -0.444 e. The Morgan fingerprint density at radius 2 is 2.00 bits per heavy atom. The standard InChI is InChI=1S/C14H23N3O/c1-14(2,3)12-6-16-13(18-12)9-17-7-10-4-15-5-11(10)8-17/h6,10-11,15H,4-5,7-9H2,1-3H3. The minimum atomic E-state index is 0.0523. The van der Waals surface area contributed by atoms with Crippen molar-refractivity contribution in [3.8, 4) is 0 Å². The predicted molar refractivity (Wildman–Crippen MR) is 70.3 cm³/mol. The molecule has 0 radical (unpaired) electrons. The summed E-state index contributed by atoms with van der Waals surface area (Å²) in [5.74, 6) is 3.52. The van der Waals surface area contributed by atoms with Gasteiger partial charge in [0.1, 0.15) is 5.76 Å². The Kier molecular flexibility index (Phi) is 2.94. The first-order valence-corrected chi connectivity index (χ1v) is 6.90. The number of rotatable bonds is 2. The zero-order valence-corrected chi connectivity index (χ0v) is 11.6. The van der Waals surface area contributed by atoms with Crippen molar-refractivity contribution in [3.63, 3.8) is 0 Å². The van der Waals surface area contributed by atoms with Crippen molar-refractivity contribution < 1.29 is 4.42 Å². The van der Waals surface area contributed by atoms with E-state index in [1.165, 1.54) is 26.2 Å². The second-order valence-electron chi connectivity index (χ2n) is 6.74. The quantitative estimate of drug-likeness (QED) is 0.865. The lowest BCUT2D eigenvalue weighted by Crippen LogP contribution is -2.25. The summed E-state index contributed by atoms with van der Waals surface area (Å²) >= 11 is 0. The van der Waals surface area contributed by atoms with Gasteiger partial charge in [-0.1, -0.05) is 20.8 Å². The molecule has 2 aliphatic heterocycles. The van der Waals surface area contributed by atoms with Crippen LogP contribution in [0.15, 0.2) is 10.6 Å². The summed E-state index contributed by atoms with van der Waals surface area (Å²) in [7, 11) is 0. The van der Waals surface area contributed by atoms with Crippen molar-refractivity contribution in [2.24, 2.45) is 11.8 Å². The molecule has 0 aliphatic carbocycles. The lowest BCUT2D eigenvalue weighted by Gasteiger charge is -2.15. The van der Waals surface area contributed by atoms with Gasteiger partial charge >= 0.3 is 0 Å². The first kappa shape index (κ1) is 12.2. The molecule has 100 valence electrons. The van der Waals surface area contributed by atoms with Crippen LogP contribution < -0.4 is 5.32 Å². The van der Waals surface area contributed by atoms with Crippen LogP contribution in [-0.2, 0) is 12.0 Å². The van der Waals surface area contributed by atoms with Gasteiger partial charge in [0.05, 0.1) is 12.7 Å². The number of aromatic nitrogens is 1. The zero-order valence-electron chi connectivity index (χ0n) is 11.6. The van der Waals surface area contributed by atoms with E-state index in [1.807, 2.05) is 6.20 Å². The average Bonchev–Trinajstić information content (AvgIpc) is 2.90. The van der Waals surface area contributed by atoms with E-state index in [-0.39, 0.29) is 5.41 Å². The first-order valence-electron chi connectivity index (χ1n) is 6.90. The zero-order chi connectivity index (χ0) is 12.8. The molecular formula is C14H23N3O. The molecule has 0 aromatic carbocycles. The molecule has 2 fully saturated rings. The fourth-order valence-corrected chi connectivity index (χ4v) is 3.00. The average molecular weight is 249 g/mol. The number of likely N-dealkylation sites (tertiary alicyclic amines) is 1. The van der Waals surface area contributed by atoms with Gasteiger partial charge in [0.15, 0.2) is 0 Å². The number of hydrogen-bond donors (Lipinski definition) is 1. The third kappa shape index (κ3) is 2.31. The maximum absolute atomic E-state index is 5.86. The fraction of sp³-hybridized carbons (Fsp3) is 0.786. The van der Waals surface area contributed by atoms with Crippen LogP contribution in [0.1, 0.15) is 32.4 Å². The molecule has 3 heterocycles. The third-order valence-corrected chi connectivity index (χ3v) is 4.12. The Balaban J connectivity index is 1.62. The van der Waals surface area contributed by atoms with Crippen molar-refractivity contribution in [1.82, 2.24) is 15.2 Å². The fourth-order valence-electron chi connectivity index (χ4n) is 3.00. The number of nitrogens with zero attached hydrogens (tertiary/aromatic N) is 2. The van der Waals surface area contributed by atoms with Gasteiger partial charge in [-0.05, 0) is 24.9 Å². The Morgan fingerprint density at radius 3 is 2.56 bits per heavy atom. The molecule has 18 heavy (non-hydrogen) atoms. The van der Waals surface area contributed by atoms with E-state index in [2.05, 4.69) is 36.0 Å². The third-order valence-electron chi connectivity index (χ3n) is 4.12. The van der Waals surface area contributed by atoms with Gasteiger partial charge in [0.2, 0.25) is 5.89 Å². The minimum absolute atomic E-state index is 0.0523. The van der Waals surface area contributed by atoms with Gasteiger partial charge in [0.25, 0.3) is 0 Å². The summed E-state index contributed by atoms with van der Waals surface area (Å²) < 4.78 is 5.86. The lowest BCUT2D eigenvalue weighted by molar-refractivity contribution is 0.261. The molecule has 2 atom stereocenters. The van der Waals surface area contributed by atoms with Crippen LogP contribution in [0, 0.1) is 11.8 Å². The first-order chi connectivity index (χ1) is 8.52. The Morgan fingerprint density at radius 1 is 1.33 bits per heavy atom. The smallest absolute Gasteiger partial charge is 0.208 e. The molecule has 0 spiro atoms. The molecule has 2 unspecified atom stereocenters. The Bertz CT molecular complexity index is 409. The summed E-state index contributed by atoms with van der Waals surface area (Å²) in [5.41, 5.74) is 0.0523. The van der Waals surface area contributed by atoms with Crippen LogP contribution in [0.4, 0.5) is 0 Å². The number of hydrogen-bond acceptors (Lipinski definition) is 4. The van der Waals surface area contributed by atoms with Crippen molar-refractivity contribution >= 4 is 0 Å². The molecule has 2 saturated heterocycles. The van der Waals surface area contributed by atoms with E-state index in [1.54, 1.807) is 0 Å². The summed E-state index contributed by atoms with van der Waals surface area (Å²) in [4.78, 5) is 6.90. The number of fused-ring (bicyclic) bond motifs is 1. The summed E-state index contributed by atoms with van der Waals surface area (Å²) in [6.45, 7) is 12.1. The van der Waals surface area contributed by atoms with Gasteiger partial charge in [-0.25, -0.2) is 4.98 Å². The molecule has 1 N–H and O–H groups in total. The van der Waals surface area contributed by atoms with Gasteiger partial charge < -0.3 is 9.73 Å². The molecule has 0 amide bonds. The largest absolute Gasteiger partial charge is 0.444 e. The van der Waals surface area contributed by atoms with Gasteiger partial charge in [-0.15, -0.1) is 0 Å². The molecule has 0 saturated carbocycles. The number of oxazole rings is 1. The monoisotopic (exact) mass is 249 g/mol. The normalized spacial score (nSPS) is 28.8. The van der Waals surface area contributed by atoms with Crippen LogP contribution in [0.25, 0.3) is 0 Å². The van der Waals surface area contributed by atoms with E-state index >= 15 is 0 Å². The summed E-state index contributed by atoms with van der Waals surface area (Å²) in [6, 6.07) is 0. The molecule has 1 aromatic heterocycles. The predicted octanol–water partition coefficient (Wildman–Crippen LogP) is 1.62. The van der Waals surface area contributed by atoms with E-state index in [9.17, 15) is 0 Å². The van der Waals surface area contributed by atoms with Crippen molar-refractivity contribution in [3.05, 3.63) is 17.8 Å². The van der Waals surface area contributed by atoms with E-state index < -0.39 is 0 Å². The van der Waals surface area contributed by atoms with Crippen molar-refractivity contribution in [2.75, 3.05) is 26.2 Å². The second kappa shape index (κ2) is 4.35. The highest BCUT2D eigenvalue weighted by atomic mass is 16.4. The Hall–Kier alpha value is -0.870. The van der Waals surface area contributed by atoms with Gasteiger partial charge in [-0.3, -0.25) is 4.90 Å². The van der Waals surface area contributed by atoms with Crippen LogP contribution in [0.2, 0.25) is 0 Å². The van der Waals surface area contributed by atoms with E-state index in [4.69, 9.17) is 4.42 Å². The van der Waals surface area contributed by atoms with Gasteiger partial charge in [0, 0.05) is 18.5 Å². The Labute approximate surface area is 109 Å². The SMILES string of the molecule is CC(C)(C)c1cnc(CN2CC3CNCC3C2)o1. The van der Waals surface area contributed by atoms with Crippen LogP contribution in [0.3, 0.4) is 0 Å². The van der Waals surface area contributed by atoms with Crippen molar-refractivity contribution in [1.29, 1.82) is 0 Å². The maximum atomic E-state index is 5.86. The molecule has 3 rings (SSSR count). The van der Waals surface area contributed by atoms with Gasteiger partial charge in [-0.2, -0.15) is 0 Å². The molecular weight excluding hydrogens is 226 g/mol. The number of nitrogens with one attached hydrogen (secondary N) is 1. The van der Waals surface area contributed by atoms with Crippen LogP contribution in [0.5, 0.6) is 0 Å². The highest BCUT2D eigenvalue weighted by molar-refractivity contribution is 5.06. The highest BCUT2D eigenvalue weighted by Crippen LogP contribution is 2.28. The van der Waals surface area contributed by atoms with Crippen LogP contribution in [-0.4, -0.2) is 36.1 Å². The molecule has 4 nitrogen and oxygen atoms in total. The van der Waals surface area contributed by atoms with Crippen molar-refractivity contribution in [2.45, 2.75) is 32.7 Å². The molecule has 0 bridgehead atoms. The molecule has 4 heteroatoms. The summed E-state index contributed by atoms with van der Waals surface area (Å²) in [5, 5.41) is 3.47.